The van der Waals surface area contributed by atoms with Crippen molar-refractivity contribution in [2.75, 3.05) is 0 Å². The van der Waals surface area contributed by atoms with Gasteiger partial charge in [0.05, 0.1) is 5.84 Å². The molecule has 11 heavy (non-hydrogen) atoms. The highest BCUT2D eigenvalue weighted by Crippen LogP contribution is 2.27. The molecule has 64 valence electrons. The first kappa shape index (κ1) is 8.50. The SMILES string of the molecule is N=C(N)CC1CCC(F)CC1. The minimum atomic E-state index is -0.599. The molecule has 0 unspecified atom stereocenters. The second-order valence-electron chi connectivity index (χ2n) is 3.35. The maximum atomic E-state index is 12.6. The van der Waals surface area contributed by atoms with E-state index in [0.29, 0.717) is 25.2 Å². The van der Waals surface area contributed by atoms with E-state index < -0.39 is 6.17 Å². The third kappa shape index (κ3) is 2.87. The Kier molecular flexibility index (Phi) is 2.85. The average molecular weight is 158 g/mol. The predicted molar refractivity (Wildman–Crippen MR) is 43.4 cm³/mol. The molecule has 3 N–H and O–H groups in total. The van der Waals surface area contributed by atoms with Crippen molar-refractivity contribution < 1.29 is 4.39 Å². The Bertz CT molecular complexity index is 139. The van der Waals surface area contributed by atoms with Gasteiger partial charge in [-0.15, -0.1) is 0 Å². The molecular weight excluding hydrogens is 143 g/mol. The van der Waals surface area contributed by atoms with Crippen LogP contribution in [-0.2, 0) is 0 Å². The zero-order chi connectivity index (χ0) is 8.27. The van der Waals surface area contributed by atoms with E-state index in [4.69, 9.17) is 11.1 Å². The molecule has 0 aromatic carbocycles. The van der Waals surface area contributed by atoms with E-state index in [0.717, 1.165) is 12.8 Å². The number of nitrogens with one attached hydrogen (secondary N) is 1. The first-order valence-electron chi connectivity index (χ1n) is 4.15. The molecule has 1 fully saturated rings. The second-order valence-corrected chi connectivity index (χ2v) is 3.35. The zero-order valence-corrected chi connectivity index (χ0v) is 6.65. The van der Waals surface area contributed by atoms with Gasteiger partial charge in [0.25, 0.3) is 0 Å². The van der Waals surface area contributed by atoms with Gasteiger partial charge >= 0.3 is 0 Å². The first-order valence-corrected chi connectivity index (χ1v) is 4.15. The Morgan fingerprint density at radius 3 is 2.36 bits per heavy atom. The summed E-state index contributed by atoms with van der Waals surface area (Å²) in [6.45, 7) is 0. The Labute approximate surface area is 66.5 Å². The van der Waals surface area contributed by atoms with E-state index in [1.165, 1.54) is 0 Å². The van der Waals surface area contributed by atoms with Crippen molar-refractivity contribution in [3.8, 4) is 0 Å². The molecule has 0 atom stereocenters. The number of rotatable bonds is 2. The predicted octanol–water partition coefficient (Wildman–Crippen LogP) is 1.84. The highest BCUT2D eigenvalue weighted by atomic mass is 19.1. The van der Waals surface area contributed by atoms with Crippen LogP contribution in [-0.4, -0.2) is 12.0 Å². The van der Waals surface area contributed by atoms with Gasteiger partial charge in [-0.25, -0.2) is 4.39 Å². The highest BCUT2D eigenvalue weighted by Gasteiger charge is 2.20. The van der Waals surface area contributed by atoms with Gasteiger partial charge in [0, 0.05) is 6.42 Å². The second kappa shape index (κ2) is 3.69. The van der Waals surface area contributed by atoms with E-state index in [9.17, 15) is 4.39 Å². The number of nitrogens with two attached hydrogens (primary N) is 1. The van der Waals surface area contributed by atoms with Crippen molar-refractivity contribution in [1.29, 1.82) is 5.41 Å². The molecule has 0 bridgehead atoms. The third-order valence-corrected chi connectivity index (χ3v) is 2.28. The Balaban J connectivity index is 2.22. The van der Waals surface area contributed by atoms with Crippen LogP contribution in [0.2, 0.25) is 0 Å². The first-order chi connectivity index (χ1) is 5.18. The van der Waals surface area contributed by atoms with Gasteiger partial charge in [-0.3, -0.25) is 5.41 Å². The monoisotopic (exact) mass is 158 g/mol. The molecule has 0 saturated heterocycles. The zero-order valence-electron chi connectivity index (χ0n) is 6.65. The lowest BCUT2D eigenvalue weighted by atomic mass is 9.86. The topological polar surface area (TPSA) is 49.9 Å². The summed E-state index contributed by atoms with van der Waals surface area (Å²) in [4.78, 5) is 0. The summed E-state index contributed by atoms with van der Waals surface area (Å²) < 4.78 is 12.6. The highest BCUT2D eigenvalue weighted by molar-refractivity contribution is 5.77. The van der Waals surface area contributed by atoms with E-state index in [1.807, 2.05) is 0 Å². The summed E-state index contributed by atoms with van der Waals surface area (Å²) in [7, 11) is 0. The smallest absolute Gasteiger partial charge is 0.100 e. The minimum Gasteiger partial charge on any atom is -0.388 e. The van der Waals surface area contributed by atoms with Crippen LogP contribution in [0.4, 0.5) is 4.39 Å². The number of alkyl halides is 1. The standard InChI is InChI=1S/C8H15FN2/c9-7-3-1-6(2-4-7)5-8(10)11/h6-7H,1-5H2,(H3,10,11). The van der Waals surface area contributed by atoms with Crippen molar-refractivity contribution in [2.45, 2.75) is 38.3 Å². The van der Waals surface area contributed by atoms with E-state index in [-0.39, 0.29) is 5.84 Å². The number of hydrogen-bond acceptors (Lipinski definition) is 1. The summed E-state index contributed by atoms with van der Waals surface area (Å²) in [5, 5.41) is 7.06. The molecule has 0 heterocycles. The minimum absolute atomic E-state index is 0.243. The number of halogens is 1. The molecule has 0 aliphatic heterocycles. The Morgan fingerprint density at radius 2 is 1.91 bits per heavy atom. The molecule has 0 spiro atoms. The average Bonchev–Trinajstić information content (AvgIpc) is 1.93. The van der Waals surface area contributed by atoms with E-state index in [2.05, 4.69) is 0 Å². The van der Waals surface area contributed by atoms with Crippen molar-refractivity contribution >= 4 is 5.84 Å². The molecule has 3 heteroatoms. The van der Waals surface area contributed by atoms with Crippen LogP contribution in [0.15, 0.2) is 0 Å². The number of hydrogen-bond donors (Lipinski definition) is 2. The quantitative estimate of drug-likeness (QED) is 0.467. The molecule has 0 amide bonds. The fourth-order valence-electron chi connectivity index (χ4n) is 1.64. The van der Waals surface area contributed by atoms with Crippen LogP contribution < -0.4 is 5.73 Å². The van der Waals surface area contributed by atoms with Crippen LogP contribution in [0, 0.1) is 11.3 Å². The maximum Gasteiger partial charge on any atom is 0.100 e. The van der Waals surface area contributed by atoms with Crippen molar-refractivity contribution in [3.05, 3.63) is 0 Å². The van der Waals surface area contributed by atoms with Crippen molar-refractivity contribution in [2.24, 2.45) is 11.7 Å². The number of amidine groups is 1. The molecule has 0 aromatic heterocycles. The third-order valence-electron chi connectivity index (χ3n) is 2.28. The molecular formula is C8H15FN2. The molecule has 1 saturated carbocycles. The van der Waals surface area contributed by atoms with Crippen LogP contribution in [0.5, 0.6) is 0 Å². The van der Waals surface area contributed by atoms with Gasteiger partial charge < -0.3 is 5.73 Å². The summed E-state index contributed by atoms with van der Waals surface area (Å²) >= 11 is 0. The normalized spacial score (nSPS) is 31.7. The molecule has 1 aliphatic rings. The lowest BCUT2D eigenvalue weighted by Crippen LogP contribution is -2.21. The Morgan fingerprint density at radius 1 is 1.36 bits per heavy atom. The van der Waals surface area contributed by atoms with Crippen LogP contribution in [0.3, 0.4) is 0 Å². The fraction of sp³-hybridized carbons (Fsp3) is 0.875. The molecule has 0 radical (unpaired) electrons. The molecule has 1 rings (SSSR count). The summed E-state index contributed by atoms with van der Waals surface area (Å²) in [5.41, 5.74) is 5.25. The van der Waals surface area contributed by atoms with E-state index in [1.54, 1.807) is 0 Å². The summed E-state index contributed by atoms with van der Waals surface area (Å²) in [6.07, 6.45) is 3.20. The van der Waals surface area contributed by atoms with Gasteiger partial charge in [0.2, 0.25) is 0 Å². The van der Waals surface area contributed by atoms with Crippen LogP contribution in [0.1, 0.15) is 32.1 Å². The Hall–Kier alpha value is -0.600. The van der Waals surface area contributed by atoms with Gasteiger partial charge in [0.1, 0.15) is 6.17 Å². The van der Waals surface area contributed by atoms with Gasteiger partial charge in [-0.05, 0) is 31.6 Å². The van der Waals surface area contributed by atoms with Gasteiger partial charge in [0.15, 0.2) is 0 Å². The van der Waals surface area contributed by atoms with E-state index >= 15 is 0 Å². The van der Waals surface area contributed by atoms with Crippen molar-refractivity contribution in [1.82, 2.24) is 0 Å². The lowest BCUT2D eigenvalue weighted by Gasteiger charge is -2.23. The lowest BCUT2D eigenvalue weighted by molar-refractivity contribution is 0.210. The molecule has 2 nitrogen and oxygen atoms in total. The van der Waals surface area contributed by atoms with Crippen LogP contribution >= 0.6 is 0 Å². The summed E-state index contributed by atoms with van der Waals surface area (Å²) in [6, 6.07) is 0. The maximum absolute atomic E-state index is 12.6. The fourth-order valence-corrected chi connectivity index (χ4v) is 1.64. The summed E-state index contributed by atoms with van der Waals surface area (Å²) in [5.74, 6) is 0.715. The van der Waals surface area contributed by atoms with Gasteiger partial charge in [-0.2, -0.15) is 0 Å². The van der Waals surface area contributed by atoms with Crippen molar-refractivity contribution in [3.63, 3.8) is 0 Å². The molecule has 1 aliphatic carbocycles. The van der Waals surface area contributed by atoms with Crippen LogP contribution in [0.25, 0.3) is 0 Å². The molecule has 0 aromatic rings. The largest absolute Gasteiger partial charge is 0.388 e. The van der Waals surface area contributed by atoms with Gasteiger partial charge in [-0.1, -0.05) is 0 Å².